The predicted octanol–water partition coefficient (Wildman–Crippen LogP) is 7.36. The largest absolute Gasteiger partial charge is 0.508 e. The molecular weight excluding hydrogens is 268 g/mol. The van der Waals surface area contributed by atoms with Gasteiger partial charge in [0.15, 0.2) is 0 Å². The van der Waals surface area contributed by atoms with Crippen LogP contribution in [0.5, 0.6) is 5.75 Å². The molecule has 0 heterocycles. The number of phenols is 1. The van der Waals surface area contributed by atoms with E-state index in [4.69, 9.17) is 0 Å². The summed E-state index contributed by atoms with van der Waals surface area (Å²) in [5.41, 5.74) is 2.13. The van der Waals surface area contributed by atoms with Gasteiger partial charge in [0, 0.05) is 0 Å². The maximum absolute atomic E-state index is 9.46. The molecule has 1 nitrogen and oxygen atoms in total. The Labute approximate surface area is 139 Å². The Bertz CT molecular complexity index is 360. The summed E-state index contributed by atoms with van der Waals surface area (Å²) < 4.78 is 0. The molecule has 1 aromatic rings. The topological polar surface area (TPSA) is 20.2 Å². The summed E-state index contributed by atoms with van der Waals surface area (Å²) in [6.07, 6.45) is 13.0. The van der Waals surface area contributed by atoms with Gasteiger partial charge in [-0.1, -0.05) is 97.6 Å². The number of phenolic OH excluding ortho intramolecular Hbond substituents is 1. The Balaban J connectivity index is 0.000000401. The van der Waals surface area contributed by atoms with Gasteiger partial charge in [0.1, 0.15) is 5.75 Å². The number of rotatable bonds is 9. The van der Waals surface area contributed by atoms with Crippen LogP contribution in [0.1, 0.15) is 103 Å². The van der Waals surface area contributed by atoms with Crippen molar-refractivity contribution in [2.24, 2.45) is 0 Å². The molecule has 1 N–H and O–H groups in total. The van der Waals surface area contributed by atoms with Crippen LogP contribution < -0.4 is 0 Å². The SMILES string of the molecule is CCCCCCCCCCC.Cc1ccc(C(C)C)c(O)c1. The smallest absolute Gasteiger partial charge is 0.119 e. The first kappa shape index (κ1) is 21.0. The van der Waals surface area contributed by atoms with Gasteiger partial charge in [0.25, 0.3) is 0 Å². The van der Waals surface area contributed by atoms with Gasteiger partial charge in [-0.15, -0.1) is 0 Å². The van der Waals surface area contributed by atoms with Crippen LogP contribution in [0.4, 0.5) is 0 Å². The second kappa shape index (κ2) is 13.7. The second-order valence-corrected chi connectivity index (χ2v) is 6.69. The molecule has 0 atom stereocenters. The Morgan fingerprint density at radius 1 is 0.818 bits per heavy atom. The molecule has 0 unspecified atom stereocenters. The minimum Gasteiger partial charge on any atom is -0.508 e. The second-order valence-electron chi connectivity index (χ2n) is 6.69. The van der Waals surface area contributed by atoms with Gasteiger partial charge in [0.05, 0.1) is 0 Å². The van der Waals surface area contributed by atoms with Crippen LogP contribution in [-0.2, 0) is 0 Å². The van der Waals surface area contributed by atoms with Crippen molar-refractivity contribution in [2.75, 3.05) is 0 Å². The fourth-order valence-corrected chi connectivity index (χ4v) is 2.53. The number of aromatic hydroxyl groups is 1. The highest BCUT2D eigenvalue weighted by Gasteiger charge is 2.03. The summed E-state index contributed by atoms with van der Waals surface area (Å²) in [5.74, 6) is 0.815. The number of benzene rings is 1. The van der Waals surface area contributed by atoms with E-state index in [-0.39, 0.29) is 0 Å². The van der Waals surface area contributed by atoms with Crippen molar-refractivity contribution in [1.29, 1.82) is 0 Å². The van der Waals surface area contributed by atoms with Gasteiger partial charge in [-0.05, 0) is 30.0 Å². The molecule has 0 amide bonds. The van der Waals surface area contributed by atoms with Gasteiger partial charge in [-0.2, -0.15) is 0 Å². The van der Waals surface area contributed by atoms with E-state index < -0.39 is 0 Å². The van der Waals surface area contributed by atoms with Crippen molar-refractivity contribution in [2.45, 2.75) is 98.3 Å². The summed E-state index contributed by atoms with van der Waals surface area (Å²) in [6, 6.07) is 5.81. The standard InChI is InChI=1S/C11H24.C10H14O/c1-3-5-7-9-11-10-8-6-4-2;1-7(2)9-5-4-8(3)6-10(9)11/h3-11H2,1-2H3;4-7,11H,1-3H3. The maximum atomic E-state index is 9.46. The van der Waals surface area contributed by atoms with Crippen LogP contribution in [0, 0.1) is 6.92 Å². The third-order valence-electron chi connectivity index (χ3n) is 4.02. The average Bonchev–Trinajstić information content (AvgIpc) is 2.46. The van der Waals surface area contributed by atoms with Crippen molar-refractivity contribution in [3.8, 4) is 5.75 Å². The van der Waals surface area contributed by atoms with Crippen LogP contribution in [0.2, 0.25) is 0 Å². The zero-order valence-electron chi connectivity index (χ0n) is 15.6. The molecule has 0 bridgehead atoms. The number of hydrogen-bond acceptors (Lipinski definition) is 1. The lowest BCUT2D eigenvalue weighted by Crippen LogP contribution is -1.87. The minimum atomic E-state index is 0.399. The lowest BCUT2D eigenvalue weighted by atomic mass is 10.0. The van der Waals surface area contributed by atoms with E-state index in [1.54, 1.807) is 6.07 Å². The van der Waals surface area contributed by atoms with Crippen molar-refractivity contribution < 1.29 is 5.11 Å². The quantitative estimate of drug-likeness (QED) is 0.472. The molecule has 0 aliphatic carbocycles. The molecule has 0 aliphatic heterocycles. The van der Waals surface area contributed by atoms with E-state index in [2.05, 4.69) is 27.7 Å². The number of hydrogen-bond donors (Lipinski definition) is 1. The zero-order chi connectivity index (χ0) is 16.8. The van der Waals surface area contributed by atoms with Crippen molar-refractivity contribution >= 4 is 0 Å². The summed E-state index contributed by atoms with van der Waals surface area (Å²) in [5, 5.41) is 9.46. The Morgan fingerprint density at radius 3 is 1.64 bits per heavy atom. The summed E-state index contributed by atoms with van der Waals surface area (Å²) in [7, 11) is 0. The van der Waals surface area contributed by atoms with E-state index in [1.807, 2.05) is 19.1 Å². The summed E-state index contributed by atoms with van der Waals surface area (Å²) >= 11 is 0. The highest BCUT2D eigenvalue weighted by molar-refractivity contribution is 5.37. The Morgan fingerprint density at radius 2 is 1.27 bits per heavy atom. The monoisotopic (exact) mass is 306 g/mol. The zero-order valence-corrected chi connectivity index (χ0v) is 15.6. The van der Waals surface area contributed by atoms with Crippen LogP contribution in [0.3, 0.4) is 0 Å². The first-order valence-corrected chi connectivity index (χ1v) is 9.32. The molecule has 22 heavy (non-hydrogen) atoms. The third kappa shape index (κ3) is 10.7. The van der Waals surface area contributed by atoms with Crippen molar-refractivity contribution in [3.63, 3.8) is 0 Å². The average molecular weight is 307 g/mol. The van der Waals surface area contributed by atoms with Gasteiger partial charge >= 0.3 is 0 Å². The maximum Gasteiger partial charge on any atom is 0.119 e. The first-order valence-electron chi connectivity index (χ1n) is 9.32. The molecule has 0 saturated carbocycles. The third-order valence-corrected chi connectivity index (χ3v) is 4.02. The molecule has 0 fully saturated rings. The predicted molar refractivity (Wildman–Crippen MR) is 99.8 cm³/mol. The summed E-state index contributed by atoms with van der Waals surface area (Å²) in [6.45, 7) is 10.7. The Hall–Kier alpha value is -0.980. The van der Waals surface area contributed by atoms with Crippen LogP contribution in [-0.4, -0.2) is 5.11 Å². The van der Waals surface area contributed by atoms with Crippen molar-refractivity contribution in [1.82, 2.24) is 0 Å². The van der Waals surface area contributed by atoms with Crippen LogP contribution in [0.25, 0.3) is 0 Å². The van der Waals surface area contributed by atoms with E-state index in [0.29, 0.717) is 11.7 Å². The molecule has 1 heteroatoms. The highest BCUT2D eigenvalue weighted by Crippen LogP contribution is 2.25. The van der Waals surface area contributed by atoms with Crippen LogP contribution >= 0.6 is 0 Å². The molecular formula is C21H38O. The first-order chi connectivity index (χ1) is 10.5. The van der Waals surface area contributed by atoms with Gasteiger partial charge in [-0.25, -0.2) is 0 Å². The fraction of sp³-hybridized carbons (Fsp3) is 0.714. The lowest BCUT2D eigenvalue weighted by Gasteiger charge is -2.07. The van der Waals surface area contributed by atoms with Gasteiger partial charge in [0.2, 0.25) is 0 Å². The molecule has 128 valence electrons. The van der Waals surface area contributed by atoms with E-state index in [9.17, 15) is 5.11 Å². The molecule has 0 spiro atoms. The van der Waals surface area contributed by atoms with Gasteiger partial charge in [-0.3, -0.25) is 0 Å². The van der Waals surface area contributed by atoms with E-state index in [1.165, 1.54) is 57.8 Å². The molecule has 0 aliphatic rings. The van der Waals surface area contributed by atoms with E-state index in [0.717, 1.165) is 11.1 Å². The number of aryl methyl sites for hydroxylation is 1. The van der Waals surface area contributed by atoms with Crippen LogP contribution in [0.15, 0.2) is 18.2 Å². The van der Waals surface area contributed by atoms with Crippen molar-refractivity contribution in [3.05, 3.63) is 29.3 Å². The molecule has 1 rings (SSSR count). The Kier molecular flexibility index (Phi) is 13.1. The summed E-state index contributed by atoms with van der Waals surface area (Å²) in [4.78, 5) is 0. The normalized spacial score (nSPS) is 10.5. The fourth-order valence-electron chi connectivity index (χ4n) is 2.53. The number of unbranched alkanes of at least 4 members (excludes halogenated alkanes) is 8. The minimum absolute atomic E-state index is 0.399. The molecule has 0 aromatic heterocycles. The van der Waals surface area contributed by atoms with E-state index >= 15 is 0 Å². The molecule has 1 aromatic carbocycles. The highest BCUT2D eigenvalue weighted by atomic mass is 16.3. The lowest BCUT2D eigenvalue weighted by molar-refractivity contribution is 0.464. The molecule has 0 radical (unpaired) electrons. The molecule has 0 saturated heterocycles. The van der Waals surface area contributed by atoms with Gasteiger partial charge < -0.3 is 5.11 Å².